The van der Waals surface area contributed by atoms with Crippen LogP contribution < -0.4 is 5.56 Å². The maximum Gasteiger partial charge on any atom is 0.262 e. The number of aromatic nitrogens is 2. The van der Waals surface area contributed by atoms with Gasteiger partial charge >= 0.3 is 0 Å². The van der Waals surface area contributed by atoms with E-state index in [-0.39, 0.29) is 11.5 Å². The van der Waals surface area contributed by atoms with Crippen molar-refractivity contribution in [2.75, 3.05) is 18.8 Å². The number of nitrogens with zero attached hydrogens (tertiary/aromatic N) is 3. The van der Waals surface area contributed by atoms with Crippen LogP contribution in [0.3, 0.4) is 0 Å². The summed E-state index contributed by atoms with van der Waals surface area (Å²) in [6.45, 7) is 5.57. The van der Waals surface area contributed by atoms with Gasteiger partial charge in [0.15, 0.2) is 5.16 Å². The highest BCUT2D eigenvalue weighted by atomic mass is 32.2. The molecule has 3 rings (SSSR count). The lowest BCUT2D eigenvalue weighted by Crippen LogP contribution is -2.27. The molecular weight excluding hydrogens is 318 g/mol. The van der Waals surface area contributed by atoms with Gasteiger partial charge in [0.05, 0.1) is 5.39 Å². The van der Waals surface area contributed by atoms with E-state index in [9.17, 15) is 9.59 Å². The predicted octanol–water partition coefficient (Wildman–Crippen LogP) is 2.33. The van der Waals surface area contributed by atoms with Gasteiger partial charge in [0.2, 0.25) is 5.91 Å². The largest absolute Gasteiger partial charge is 0.342 e. The molecule has 1 amide bonds. The molecular formula is C15H19N3O2S2. The van der Waals surface area contributed by atoms with Gasteiger partial charge in [-0.25, -0.2) is 4.98 Å². The molecule has 0 aromatic carbocycles. The molecule has 22 heavy (non-hydrogen) atoms. The summed E-state index contributed by atoms with van der Waals surface area (Å²) < 4.78 is 1.62. The van der Waals surface area contributed by atoms with Gasteiger partial charge in [-0.1, -0.05) is 11.8 Å². The van der Waals surface area contributed by atoms with Crippen molar-refractivity contribution in [1.29, 1.82) is 0 Å². The zero-order chi connectivity index (χ0) is 15.9. The molecule has 0 saturated carbocycles. The third kappa shape index (κ3) is 2.67. The van der Waals surface area contributed by atoms with E-state index in [4.69, 9.17) is 0 Å². The summed E-state index contributed by atoms with van der Waals surface area (Å²) in [5.41, 5.74) is 1.05. The molecule has 2 aromatic heterocycles. The Labute approximate surface area is 137 Å². The number of amides is 1. The summed E-state index contributed by atoms with van der Waals surface area (Å²) in [5.74, 6) is 1.00. The van der Waals surface area contributed by atoms with Gasteiger partial charge in [0.25, 0.3) is 5.56 Å². The van der Waals surface area contributed by atoms with E-state index in [1.165, 1.54) is 0 Å². The second kappa shape index (κ2) is 6.04. The van der Waals surface area contributed by atoms with Crippen LogP contribution in [0, 0.1) is 13.8 Å². The van der Waals surface area contributed by atoms with Gasteiger partial charge in [-0.15, -0.1) is 11.3 Å². The van der Waals surface area contributed by atoms with Crippen LogP contribution in [0.2, 0.25) is 0 Å². The zero-order valence-electron chi connectivity index (χ0n) is 13.0. The molecule has 3 heterocycles. The Bertz CT molecular complexity index is 794. The Kier molecular flexibility index (Phi) is 4.27. The standard InChI is InChI=1S/C15H19N3O2S2/c1-9-10(2)22-13-12(9)14(20)17(3)15(16-13)21-8-7-18-6-4-5-11(18)19/h4-8H2,1-3H3. The first kappa shape index (κ1) is 15.6. The van der Waals surface area contributed by atoms with Crippen molar-refractivity contribution in [2.45, 2.75) is 31.8 Å². The summed E-state index contributed by atoms with van der Waals surface area (Å²) in [6, 6.07) is 0. The Morgan fingerprint density at radius 1 is 1.32 bits per heavy atom. The smallest absolute Gasteiger partial charge is 0.262 e. The van der Waals surface area contributed by atoms with E-state index in [0.717, 1.165) is 51.1 Å². The monoisotopic (exact) mass is 337 g/mol. The normalized spacial score (nSPS) is 15.2. The van der Waals surface area contributed by atoms with Crippen LogP contribution in [0.1, 0.15) is 23.3 Å². The van der Waals surface area contributed by atoms with Crippen molar-refractivity contribution in [3.05, 3.63) is 20.8 Å². The molecule has 0 radical (unpaired) electrons. The fourth-order valence-electron chi connectivity index (χ4n) is 2.67. The highest BCUT2D eigenvalue weighted by molar-refractivity contribution is 7.99. The first-order valence-electron chi connectivity index (χ1n) is 7.36. The number of fused-ring (bicyclic) bond motifs is 1. The molecule has 5 nitrogen and oxygen atoms in total. The quantitative estimate of drug-likeness (QED) is 0.635. The Morgan fingerprint density at radius 2 is 2.09 bits per heavy atom. The van der Waals surface area contributed by atoms with Gasteiger partial charge in [-0.05, 0) is 25.8 Å². The number of carbonyl (C=O) groups is 1. The van der Waals surface area contributed by atoms with Crippen molar-refractivity contribution in [3.63, 3.8) is 0 Å². The molecule has 0 atom stereocenters. The first-order chi connectivity index (χ1) is 10.5. The van der Waals surface area contributed by atoms with Crippen molar-refractivity contribution in [2.24, 2.45) is 7.05 Å². The van der Waals surface area contributed by atoms with Crippen molar-refractivity contribution >= 4 is 39.2 Å². The zero-order valence-corrected chi connectivity index (χ0v) is 14.6. The topological polar surface area (TPSA) is 55.2 Å². The van der Waals surface area contributed by atoms with Crippen molar-refractivity contribution in [1.82, 2.24) is 14.5 Å². The molecule has 2 aromatic rings. The van der Waals surface area contributed by atoms with Crippen molar-refractivity contribution in [3.8, 4) is 0 Å². The molecule has 0 aliphatic carbocycles. The molecule has 1 aliphatic heterocycles. The maximum atomic E-state index is 12.5. The lowest BCUT2D eigenvalue weighted by atomic mass is 10.2. The predicted molar refractivity (Wildman–Crippen MR) is 90.9 cm³/mol. The van der Waals surface area contributed by atoms with Crippen LogP contribution in [0.25, 0.3) is 10.2 Å². The van der Waals surface area contributed by atoms with Gasteiger partial charge in [0.1, 0.15) is 4.83 Å². The van der Waals surface area contributed by atoms with E-state index in [1.54, 1.807) is 34.7 Å². The molecule has 0 N–H and O–H groups in total. The number of carbonyl (C=O) groups excluding carboxylic acids is 1. The lowest BCUT2D eigenvalue weighted by molar-refractivity contribution is -0.127. The van der Waals surface area contributed by atoms with E-state index in [1.807, 2.05) is 18.7 Å². The molecule has 0 spiro atoms. The third-order valence-corrected chi connectivity index (χ3v) is 6.24. The fraction of sp³-hybridized carbons (Fsp3) is 0.533. The molecule has 118 valence electrons. The summed E-state index contributed by atoms with van der Waals surface area (Å²) in [5, 5.41) is 1.47. The number of hydrogen-bond donors (Lipinski definition) is 0. The van der Waals surface area contributed by atoms with Gasteiger partial charge in [0, 0.05) is 37.2 Å². The highest BCUT2D eigenvalue weighted by Gasteiger charge is 2.20. The molecule has 7 heteroatoms. The number of aryl methyl sites for hydroxylation is 2. The molecule has 0 bridgehead atoms. The molecule has 1 fully saturated rings. The second-order valence-electron chi connectivity index (χ2n) is 5.55. The van der Waals surface area contributed by atoms with Crippen LogP contribution in [-0.2, 0) is 11.8 Å². The number of thiophene rings is 1. The Hall–Kier alpha value is -1.34. The fourth-order valence-corrected chi connectivity index (χ4v) is 4.68. The minimum absolute atomic E-state index is 0.0200. The number of rotatable bonds is 4. The minimum Gasteiger partial charge on any atom is -0.342 e. The number of hydrogen-bond acceptors (Lipinski definition) is 5. The van der Waals surface area contributed by atoms with E-state index in [0.29, 0.717) is 6.42 Å². The maximum absolute atomic E-state index is 12.5. The highest BCUT2D eigenvalue weighted by Crippen LogP contribution is 2.28. The third-order valence-electron chi connectivity index (χ3n) is 4.13. The average molecular weight is 337 g/mol. The summed E-state index contributed by atoms with van der Waals surface area (Å²) >= 11 is 3.12. The Morgan fingerprint density at radius 3 is 2.77 bits per heavy atom. The Balaban J connectivity index is 1.80. The van der Waals surface area contributed by atoms with Gasteiger partial charge in [-0.3, -0.25) is 14.2 Å². The average Bonchev–Trinajstić information content (AvgIpc) is 3.00. The van der Waals surface area contributed by atoms with Crippen LogP contribution in [-0.4, -0.2) is 39.2 Å². The molecule has 0 unspecified atom stereocenters. The minimum atomic E-state index is 0.0200. The van der Waals surface area contributed by atoms with Crippen LogP contribution in [0.15, 0.2) is 9.95 Å². The summed E-state index contributed by atoms with van der Waals surface area (Å²) in [7, 11) is 1.77. The van der Waals surface area contributed by atoms with E-state index in [2.05, 4.69) is 4.98 Å². The van der Waals surface area contributed by atoms with Crippen LogP contribution >= 0.6 is 23.1 Å². The SMILES string of the molecule is Cc1sc2nc(SCCN3CCCC3=O)n(C)c(=O)c2c1C. The number of thioether (sulfide) groups is 1. The lowest BCUT2D eigenvalue weighted by Gasteiger charge is -2.15. The number of likely N-dealkylation sites (tertiary alicyclic amines) is 1. The summed E-state index contributed by atoms with van der Waals surface area (Å²) in [6.07, 6.45) is 1.63. The molecule has 1 saturated heterocycles. The van der Waals surface area contributed by atoms with Crippen LogP contribution in [0.5, 0.6) is 0 Å². The van der Waals surface area contributed by atoms with Crippen molar-refractivity contribution < 1.29 is 4.79 Å². The van der Waals surface area contributed by atoms with Crippen LogP contribution in [0.4, 0.5) is 0 Å². The first-order valence-corrected chi connectivity index (χ1v) is 9.16. The molecule has 1 aliphatic rings. The van der Waals surface area contributed by atoms with E-state index < -0.39 is 0 Å². The van der Waals surface area contributed by atoms with Gasteiger partial charge < -0.3 is 4.90 Å². The summed E-state index contributed by atoms with van der Waals surface area (Å²) in [4.78, 5) is 32.6. The van der Waals surface area contributed by atoms with Gasteiger partial charge in [-0.2, -0.15) is 0 Å². The van der Waals surface area contributed by atoms with E-state index >= 15 is 0 Å². The second-order valence-corrected chi connectivity index (χ2v) is 7.82.